The molecule has 6 aromatic rings. The molecule has 0 aromatic heterocycles. The van der Waals surface area contributed by atoms with Crippen molar-refractivity contribution < 1.29 is 108 Å². The van der Waals surface area contributed by atoms with E-state index in [1.807, 2.05) is 20.8 Å². The van der Waals surface area contributed by atoms with E-state index >= 15 is 28.8 Å². The van der Waals surface area contributed by atoms with Crippen molar-refractivity contribution in [1.82, 2.24) is 47.9 Å². The molecule has 0 spiro atoms. The van der Waals surface area contributed by atoms with Crippen LogP contribution in [0, 0.1) is 29.6 Å². The third-order valence-electron chi connectivity index (χ3n) is 21.8. The van der Waals surface area contributed by atoms with Gasteiger partial charge in [0.1, 0.15) is 107 Å². The van der Waals surface area contributed by atoms with E-state index in [1.54, 1.807) is 12.1 Å². The summed E-state index contributed by atoms with van der Waals surface area (Å²) in [4.78, 5) is 137. The SMILES string of the molecule is CCCOc1ccc(NC(=O)NC(=O)C[C@@H]2NC(=O)[C@H](NC(=O)[C@@H](CC(C)C)NC)[C@H](O)c3ccc(c(Cl)c3)Oc3cc4cc(c3O[C@@H]3O[C@H](CN)[C@@H](O)[C@H](O)[C@H]3O)Oc3ccc(cc3Cl)[C@@H](O)[C@@H]3NC(=O)[C@H](NC(=O)[C@@H]4NC2=O)c2ccc(O)c(c2)-c2c(O)cc(O)cc2[C@@H](C(=O)NC2C4CC5CC(C4)CC2C5)NC3=O)cc1. The van der Waals surface area contributed by atoms with Crippen LogP contribution >= 0.6 is 23.2 Å². The molecule has 6 heterocycles. The molecule has 20 N–H and O–H groups in total. The summed E-state index contributed by atoms with van der Waals surface area (Å²) in [5, 5.41) is 120. The number of carbonyl (C=O) groups excluding carboxylic acids is 9. The number of amides is 10. The van der Waals surface area contributed by atoms with E-state index < -0.39 is 192 Å². The molecule has 6 aliphatic heterocycles. The molecule has 4 aliphatic carbocycles. The third kappa shape index (κ3) is 17.4. The van der Waals surface area contributed by atoms with Gasteiger partial charge in [-0.05, 0) is 188 Å². The van der Waals surface area contributed by atoms with Crippen molar-refractivity contribution in [2.24, 2.45) is 35.3 Å². The van der Waals surface area contributed by atoms with Crippen LogP contribution in [-0.4, -0.2) is 175 Å². The van der Waals surface area contributed by atoms with E-state index in [-0.39, 0.29) is 90.8 Å². The van der Waals surface area contributed by atoms with E-state index in [9.17, 15) is 55.2 Å². The zero-order chi connectivity index (χ0) is 81.4. The van der Waals surface area contributed by atoms with Crippen molar-refractivity contribution >= 4 is 82.2 Å². The Bertz CT molecular complexity index is 4700. The molecule has 606 valence electrons. The van der Waals surface area contributed by atoms with Gasteiger partial charge in [0, 0.05) is 35.5 Å². The van der Waals surface area contributed by atoms with E-state index in [4.69, 9.17) is 52.6 Å². The Morgan fingerprint density at radius 2 is 1.25 bits per heavy atom. The highest BCUT2D eigenvalue weighted by molar-refractivity contribution is 6.32. The zero-order valence-electron chi connectivity index (χ0n) is 62.1. The van der Waals surface area contributed by atoms with Gasteiger partial charge in [-0.15, -0.1) is 0 Å². The van der Waals surface area contributed by atoms with Crippen molar-refractivity contribution in [3.63, 3.8) is 0 Å². The highest BCUT2D eigenvalue weighted by atomic mass is 35.5. The molecule has 0 unspecified atom stereocenters. The summed E-state index contributed by atoms with van der Waals surface area (Å²) in [6, 6.07) is 5.00. The molecule has 10 aliphatic rings. The normalized spacial score (nSPS) is 28.0. The Balaban J connectivity index is 0.991. The molecule has 1 saturated heterocycles. The van der Waals surface area contributed by atoms with Crippen LogP contribution in [-0.2, 0) is 43.1 Å². The summed E-state index contributed by atoms with van der Waals surface area (Å²) >= 11 is 14.3. The number of aliphatic hydroxyl groups excluding tert-OH is 5. The van der Waals surface area contributed by atoms with E-state index in [2.05, 4.69) is 53.2 Å². The fourth-order valence-electron chi connectivity index (χ4n) is 16.4. The third-order valence-corrected chi connectivity index (χ3v) is 22.4. The number of likely N-dealkylation sites (N-methyl/N-ethyl adjacent to an activating group) is 1. The molecule has 5 fully saturated rings. The van der Waals surface area contributed by atoms with Crippen LogP contribution in [0.5, 0.6) is 51.7 Å². The minimum Gasteiger partial charge on any atom is -0.508 e. The maximum Gasteiger partial charge on any atom is 0.325 e. The summed E-state index contributed by atoms with van der Waals surface area (Å²) in [6.07, 6.45) is -9.50. The Morgan fingerprint density at radius 3 is 1.86 bits per heavy atom. The number of fused-ring (bicyclic) bond motifs is 15. The Kier molecular flexibility index (Phi) is 24.4. The standard InChI is InChI=1S/C79H89Cl2N11O22/c1-5-16-110-43-11-9-41(10-12-43)84-79(109)86-57(96)30-49-72(103)88-61-40-26-54(111-52-14-7-36(24-46(52)80)65(97)63(76(107)85-49)91-71(102)48(83-4)17-32(2)3)70(114-78-69(101)68(100)67(99)56(31-82)113-78)55(27-40)112-53-15-8-37(25-47(53)81)66(98)64-77(108)90-62(75(106)87-59-38-19-33-18-34(21-38)22-39(59)20-33)45-28-42(93)29-51(95)58(45)44-23-35(6-13-50(44)94)60(73(104)92-64)89-74(61)105/h6-15,23-29,32-34,38-39,48-49,56,59-69,78,83,93-95,97-101H,5,16-22,30-31,82H2,1-4H3,(H,85,107)(H,87,106)(H,88,103)(H,89,105)(H,90,108)(H,91,102)(H,92,104)(H2,84,86,96,109)/t33?,34?,38?,39?,48-,49+,56-,59?,60-,61-,62+,63-,64+,65-,66-,67-,68+,69-,78+/m1/s1. The second-order valence-electron chi connectivity index (χ2n) is 30.3. The maximum absolute atomic E-state index is 16.4. The fraction of sp³-hybridized carbons (Fsp3) is 0.430. The molecule has 10 amide bonds. The van der Waals surface area contributed by atoms with Gasteiger partial charge in [0.2, 0.25) is 59.3 Å². The van der Waals surface area contributed by atoms with Gasteiger partial charge in [-0.2, -0.15) is 0 Å². The average molecular weight is 1620 g/mol. The lowest BCUT2D eigenvalue weighted by Crippen LogP contribution is -2.60. The number of anilines is 1. The number of halogens is 2. The topological polar surface area (TPSA) is 508 Å². The lowest BCUT2D eigenvalue weighted by molar-refractivity contribution is -0.270. The summed E-state index contributed by atoms with van der Waals surface area (Å²) in [6.45, 7) is 5.48. The maximum atomic E-state index is 16.4. The van der Waals surface area contributed by atoms with Crippen LogP contribution < -0.4 is 77.8 Å². The number of hydrogen-bond acceptors (Lipinski definition) is 24. The molecule has 15 bridgehead atoms. The first-order valence-corrected chi connectivity index (χ1v) is 38.3. The summed E-state index contributed by atoms with van der Waals surface area (Å²) in [7, 11) is 1.48. The Labute approximate surface area is 662 Å². The van der Waals surface area contributed by atoms with Gasteiger partial charge in [-0.1, -0.05) is 62.2 Å². The van der Waals surface area contributed by atoms with Crippen LogP contribution in [0.3, 0.4) is 0 Å². The largest absolute Gasteiger partial charge is 0.508 e. The van der Waals surface area contributed by atoms with Crippen molar-refractivity contribution in [2.75, 3.05) is 25.5 Å². The van der Waals surface area contributed by atoms with Crippen molar-refractivity contribution in [3.8, 4) is 62.9 Å². The highest BCUT2D eigenvalue weighted by Crippen LogP contribution is 2.55. The summed E-state index contributed by atoms with van der Waals surface area (Å²) in [5.41, 5.74) is 4.01. The molecule has 33 nitrogen and oxygen atoms in total. The van der Waals surface area contributed by atoms with Crippen LogP contribution in [0.1, 0.15) is 130 Å². The summed E-state index contributed by atoms with van der Waals surface area (Å²) < 4.78 is 31.3. The molecule has 4 saturated carbocycles. The number of hydrogen-bond donors (Lipinski definition) is 19. The first kappa shape index (κ1) is 81.4. The molecule has 0 radical (unpaired) electrons. The minimum absolute atomic E-state index is 0.0707. The first-order chi connectivity index (χ1) is 54.4. The molecular weight excluding hydrogens is 1530 g/mol. The number of phenols is 3. The van der Waals surface area contributed by atoms with Gasteiger partial charge in [-0.25, -0.2) is 4.79 Å². The number of urea groups is 1. The predicted octanol–water partition coefficient (Wildman–Crippen LogP) is 4.34. The van der Waals surface area contributed by atoms with E-state index in [0.29, 0.717) is 30.6 Å². The van der Waals surface area contributed by atoms with Crippen LogP contribution in [0.15, 0.2) is 103 Å². The van der Waals surface area contributed by atoms with Crippen molar-refractivity contribution in [3.05, 3.63) is 141 Å². The Hall–Kier alpha value is -10.6. The molecule has 16 rings (SSSR count). The number of phenolic OH excluding ortho intramolecular Hbond substituents is 3. The zero-order valence-corrected chi connectivity index (χ0v) is 63.6. The number of benzene rings is 6. The number of carbonyl (C=O) groups is 9. The number of rotatable bonds is 16. The lowest BCUT2D eigenvalue weighted by Gasteiger charge is -2.54. The Morgan fingerprint density at radius 1 is 0.632 bits per heavy atom. The number of aliphatic hydroxyl groups is 5. The smallest absolute Gasteiger partial charge is 0.325 e. The number of nitrogens with one attached hydrogen (secondary N) is 10. The number of imide groups is 1. The molecule has 6 aromatic carbocycles. The van der Waals surface area contributed by atoms with Gasteiger partial charge in [0.25, 0.3) is 0 Å². The second kappa shape index (κ2) is 34.2. The van der Waals surface area contributed by atoms with Gasteiger partial charge >= 0.3 is 6.03 Å². The molecule has 14 atom stereocenters. The number of aromatic hydroxyl groups is 3. The van der Waals surface area contributed by atoms with Crippen molar-refractivity contribution in [2.45, 2.75) is 163 Å². The van der Waals surface area contributed by atoms with E-state index in [1.165, 1.54) is 43.4 Å². The summed E-state index contributed by atoms with van der Waals surface area (Å²) in [5.74, 6) is -12.9. The van der Waals surface area contributed by atoms with E-state index in [0.717, 1.165) is 86.7 Å². The van der Waals surface area contributed by atoms with Crippen molar-refractivity contribution in [1.29, 1.82) is 0 Å². The average Bonchev–Trinajstić information content (AvgIpc) is 0.755. The van der Waals surface area contributed by atoms with Gasteiger partial charge in [-0.3, -0.25) is 43.7 Å². The second-order valence-corrected chi connectivity index (χ2v) is 31.1. The van der Waals surface area contributed by atoms with Crippen LogP contribution in [0.25, 0.3) is 11.1 Å². The number of nitrogens with two attached hydrogens (primary N) is 1. The monoisotopic (exact) mass is 1610 g/mol. The number of ether oxygens (including phenoxy) is 5. The molecule has 35 heteroatoms. The highest BCUT2D eigenvalue weighted by Gasteiger charge is 2.51. The lowest BCUT2D eigenvalue weighted by atomic mass is 9.54. The quantitative estimate of drug-likeness (QED) is 0.0640. The predicted molar refractivity (Wildman–Crippen MR) is 406 cm³/mol. The minimum atomic E-state index is -2.37. The van der Waals surface area contributed by atoms with Crippen LogP contribution in [0.4, 0.5) is 10.5 Å². The van der Waals surface area contributed by atoms with Gasteiger partial charge in [0.05, 0.1) is 29.1 Å². The van der Waals surface area contributed by atoms with Crippen LogP contribution in [0.2, 0.25) is 10.0 Å². The molecule has 114 heavy (non-hydrogen) atoms. The fourth-order valence-corrected chi connectivity index (χ4v) is 16.8. The van der Waals surface area contributed by atoms with Gasteiger partial charge < -0.3 is 118 Å². The van der Waals surface area contributed by atoms with Gasteiger partial charge in [0.15, 0.2) is 11.5 Å². The molecular formula is C79H89Cl2N11O22. The first-order valence-electron chi connectivity index (χ1n) is 37.5.